The maximum Gasteiger partial charge on any atom is 0.234 e. The minimum absolute atomic E-state index is 0.00994. The first-order valence-corrected chi connectivity index (χ1v) is 8.83. The topological polar surface area (TPSA) is 41.1 Å². The standard InChI is InChI=1S/C20H20N2OS/c23-19(15-21-14-18-12-7-13-24-18)22-20(16-8-3-1-4-9-16)17-10-5-2-6-11-17/h1-13,20-21H,14-15H2,(H,22,23). The normalized spacial score (nSPS) is 10.7. The lowest BCUT2D eigenvalue weighted by molar-refractivity contribution is -0.120. The molecule has 122 valence electrons. The molecule has 4 heteroatoms. The van der Waals surface area contributed by atoms with Gasteiger partial charge in [-0.05, 0) is 22.6 Å². The first kappa shape index (κ1) is 16.4. The van der Waals surface area contributed by atoms with Crippen LogP contribution in [0.15, 0.2) is 78.2 Å². The van der Waals surface area contributed by atoms with Crippen LogP contribution in [0.3, 0.4) is 0 Å². The SMILES string of the molecule is O=C(CNCc1cccs1)NC(c1ccccc1)c1ccccc1. The highest BCUT2D eigenvalue weighted by Gasteiger charge is 2.16. The first-order valence-electron chi connectivity index (χ1n) is 7.95. The molecule has 0 aliphatic rings. The van der Waals surface area contributed by atoms with Gasteiger partial charge in [0.15, 0.2) is 0 Å². The lowest BCUT2D eigenvalue weighted by Gasteiger charge is -2.20. The van der Waals surface area contributed by atoms with Gasteiger partial charge in [-0.25, -0.2) is 0 Å². The molecular weight excluding hydrogens is 316 g/mol. The molecule has 2 N–H and O–H groups in total. The Morgan fingerprint density at radius 3 is 2.04 bits per heavy atom. The third-order valence-corrected chi connectivity index (χ3v) is 4.61. The minimum atomic E-state index is -0.136. The molecule has 0 unspecified atom stereocenters. The van der Waals surface area contributed by atoms with Crippen molar-refractivity contribution in [3.63, 3.8) is 0 Å². The van der Waals surface area contributed by atoms with Crippen molar-refractivity contribution in [3.8, 4) is 0 Å². The Kier molecular flexibility index (Phi) is 5.77. The smallest absolute Gasteiger partial charge is 0.234 e. The molecule has 0 spiro atoms. The number of hydrogen-bond donors (Lipinski definition) is 2. The number of amides is 1. The van der Waals surface area contributed by atoms with E-state index in [0.29, 0.717) is 13.1 Å². The molecule has 2 aromatic carbocycles. The second kappa shape index (κ2) is 8.43. The molecule has 0 aliphatic carbocycles. The number of carbonyl (C=O) groups is 1. The molecule has 0 atom stereocenters. The number of carbonyl (C=O) groups excluding carboxylic acids is 1. The van der Waals surface area contributed by atoms with E-state index in [1.54, 1.807) is 11.3 Å². The summed E-state index contributed by atoms with van der Waals surface area (Å²) in [6.07, 6.45) is 0. The van der Waals surface area contributed by atoms with Crippen LogP contribution >= 0.6 is 11.3 Å². The van der Waals surface area contributed by atoms with Gasteiger partial charge in [-0.1, -0.05) is 66.7 Å². The van der Waals surface area contributed by atoms with Crippen molar-refractivity contribution in [2.24, 2.45) is 0 Å². The summed E-state index contributed by atoms with van der Waals surface area (Å²) in [5.74, 6) is -0.00994. The van der Waals surface area contributed by atoms with E-state index in [9.17, 15) is 4.79 Å². The third-order valence-electron chi connectivity index (χ3n) is 3.74. The second-order valence-electron chi connectivity index (χ2n) is 5.50. The molecule has 1 aromatic heterocycles. The average Bonchev–Trinajstić information content (AvgIpc) is 3.15. The average molecular weight is 336 g/mol. The monoisotopic (exact) mass is 336 g/mol. The van der Waals surface area contributed by atoms with E-state index in [1.807, 2.05) is 72.1 Å². The maximum absolute atomic E-state index is 12.4. The Labute approximate surface area is 146 Å². The van der Waals surface area contributed by atoms with Gasteiger partial charge in [0.25, 0.3) is 0 Å². The van der Waals surface area contributed by atoms with Crippen molar-refractivity contribution in [1.82, 2.24) is 10.6 Å². The molecule has 0 radical (unpaired) electrons. The lowest BCUT2D eigenvalue weighted by Crippen LogP contribution is -2.36. The van der Waals surface area contributed by atoms with Crippen LogP contribution in [-0.4, -0.2) is 12.5 Å². The van der Waals surface area contributed by atoms with Gasteiger partial charge < -0.3 is 10.6 Å². The van der Waals surface area contributed by atoms with Gasteiger partial charge in [-0.15, -0.1) is 11.3 Å². The first-order chi connectivity index (χ1) is 11.8. The van der Waals surface area contributed by atoms with Crippen LogP contribution in [0.25, 0.3) is 0 Å². The molecule has 24 heavy (non-hydrogen) atoms. The molecule has 1 amide bonds. The van der Waals surface area contributed by atoms with Crippen molar-refractivity contribution < 1.29 is 4.79 Å². The summed E-state index contributed by atoms with van der Waals surface area (Å²) in [5, 5.41) is 8.37. The summed E-state index contributed by atoms with van der Waals surface area (Å²) in [6.45, 7) is 1.01. The molecular formula is C20H20N2OS. The predicted octanol–water partition coefficient (Wildman–Crippen LogP) is 3.74. The van der Waals surface area contributed by atoms with Crippen LogP contribution in [-0.2, 0) is 11.3 Å². The largest absolute Gasteiger partial charge is 0.344 e. The van der Waals surface area contributed by atoms with E-state index in [4.69, 9.17) is 0 Å². The Hall–Kier alpha value is -2.43. The highest BCUT2D eigenvalue weighted by molar-refractivity contribution is 7.09. The van der Waals surface area contributed by atoms with Gasteiger partial charge >= 0.3 is 0 Å². The van der Waals surface area contributed by atoms with Crippen molar-refractivity contribution in [2.75, 3.05) is 6.54 Å². The van der Waals surface area contributed by atoms with Crippen molar-refractivity contribution in [1.29, 1.82) is 0 Å². The van der Waals surface area contributed by atoms with E-state index in [2.05, 4.69) is 16.7 Å². The zero-order valence-corrected chi connectivity index (χ0v) is 14.1. The fourth-order valence-electron chi connectivity index (χ4n) is 2.57. The molecule has 3 rings (SSSR count). The second-order valence-corrected chi connectivity index (χ2v) is 6.54. The molecule has 3 nitrogen and oxygen atoms in total. The van der Waals surface area contributed by atoms with Gasteiger partial charge in [-0.3, -0.25) is 4.79 Å². The highest BCUT2D eigenvalue weighted by Crippen LogP contribution is 2.21. The third kappa shape index (κ3) is 4.54. The molecule has 0 saturated heterocycles. The van der Waals surface area contributed by atoms with E-state index in [0.717, 1.165) is 11.1 Å². The van der Waals surface area contributed by atoms with Crippen molar-refractivity contribution >= 4 is 17.2 Å². The summed E-state index contributed by atoms with van der Waals surface area (Å²) >= 11 is 1.69. The number of benzene rings is 2. The lowest BCUT2D eigenvalue weighted by atomic mass is 9.99. The van der Waals surface area contributed by atoms with Gasteiger partial charge in [0.05, 0.1) is 12.6 Å². The number of thiophene rings is 1. The van der Waals surface area contributed by atoms with Gasteiger partial charge in [-0.2, -0.15) is 0 Å². The minimum Gasteiger partial charge on any atom is -0.344 e. The molecule has 0 bridgehead atoms. The number of nitrogens with one attached hydrogen (secondary N) is 2. The summed E-state index contributed by atoms with van der Waals surface area (Å²) in [7, 11) is 0. The molecule has 0 aliphatic heterocycles. The van der Waals surface area contributed by atoms with Crippen LogP contribution in [0.2, 0.25) is 0 Å². The summed E-state index contributed by atoms with van der Waals surface area (Å²) in [5.41, 5.74) is 2.16. The summed E-state index contributed by atoms with van der Waals surface area (Å²) < 4.78 is 0. The van der Waals surface area contributed by atoms with Crippen LogP contribution in [0, 0.1) is 0 Å². The summed E-state index contributed by atoms with van der Waals surface area (Å²) in [4.78, 5) is 13.6. The maximum atomic E-state index is 12.4. The zero-order valence-electron chi connectivity index (χ0n) is 13.3. The van der Waals surface area contributed by atoms with Crippen molar-refractivity contribution in [3.05, 3.63) is 94.2 Å². The van der Waals surface area contributed by atoms with E-state index in [-0.39, 0.29) is 11.9 Å². The van der Waals surface area contributed by atoms with Gasteiger partial charge in [0, 0.05) is 11.4 Å². The fraction of sp³-hybridized carbons (Fsp3) is 0.150. The van der Waals surface area contributed by atoms with Gasteiger partial charge in [0.2, 0.25) is 5.91 Å². The Balaban J connectivity index is 1.64. The molecule has 3 aromatic rings. The molecule has 0 saturated carbocycles. The van der Waals surface area contributed by atoms with Crippen molar-refractivity contribution in [2.45, 2.75) is 12.6 Å². The predicted molar refractivity (Wildman–Crippen MR) is 98.9 cm³/mol. The Morgan fingerprint density at radius 1 is 0.875 bits per heavy atom. The summed E-state index contributed by atoms with van der Waals surface area (Å²) in [6, 6.07) is 24.0. The van der Waals surface area contributed by atoms with Gasteiger partial charge in [0.1, 0.15) is 0 Å². The quantitative estimate of drug-likeness (QED) is 0.690. The highest BCUT2D eigenvalue weighted by atomic mass is 32.1. The zero-order chi connectivity index (χ0) is 16.6. The van der Waals surface area contributed by atoms with Crippen LogP contribution in [0.5, 0.6) is 0 Å². The Bertz CT molecular complexity index is 702. The van der Waals surface area contributed by atoms with Crippen LogP contribution in [0.1, 0.15) is 22.0 Å². The number of rotatable bonds is 7. The number of hydrogen-bond acceptors (Lipinski definition) is 3. The van der Waals surface area contributed by atoms with E-state index < -0.39 is 0 Å². The van der Waals surface area contributed by atoms with Crippen LogP contribution in [0.4, 0.5) is 0 Å². The fourth-order valence-corrected chi connectivity index (χ4v) is 3.25. The molecule has 0 fully saturated rings. The van der Waals surface area contributed by atoms with Crippen LogP contribution < -0.4 is 10.6 Å². The van der Waals surface area contributed by atoms with E-state index >= 15 is 0 Å². The Morgan fingerprint density at radius 2 is 1.50 bits per heavy atom. The molecule has 1 heterocycles. The van der Waals surface area contributed by atoms with E-state index in [1.165, 1.54) is 4.88 Å².